The Morgan fingerprint density at radius 3 is 2.48 bits per heavy atom. The summed E-state index contributed by atoms with van der Waals surface area (Å²) in [5, 5.41) is 28.3. The van der Waals surface area contributed by atoms with E-state index in [4.69, 9.17) is 10.00 Å². The van der Waals surface area contributed by atoms with E-state index in [1.807, 2.05) is 4.98 Å². The normalized spacial score (nSPS) is 28.4. The van der Waals surface area contributed by atoms with Gasteiger partial charge in [0.25, 0.3) is 5.56 Å². The second-order valence-corrected chi connectivity index (χ2v) is 8.66. The molecule has 0 spiro atoms. The zero-order valence-electron chi connectivity index (χ0n) is 14.4. The first-order chi connectivity index (χ1) is 13.5. The number of H-pyrrole nitrogens is 1. The Kier molecular flexibility index (Phi) is 7.66. The van der Waals surface area contributed by atoms with E-state index >= 15 is 0 Å². The van der Waals surface area contributed by atoms with Crippen molar-refractivity contribution in [3.63, 3.8) is 0 Å². The highest BCUT2D eigenvalue weighted by Gasteiger charge is 2.46. The number of ether oxygens (including phenoxy) is 1. The molecule has 2 heterocycles. The third-order valence-corrected chi connectivity index (χ3v) is 6.17. The standard InChI is InChI=1S/C12H17N3O12P2/c13-3-1-5-24-28(20,21)27-29(22,23)25-6-7-9(17)10(18)11(26-7)15-4-2-8(16)14-12(15)19/h2,4,7,9-11,17-18H,1,5-6H2,(H,20,21)(H,22,23)(H,14,16,19)/t7-,9-,10-,11-/m1/s1. The number of hydrogen-bond donors (Lipinski definition) is 5. The van der Waals surface area contributed by atoms with E-state index in [-0.39, 0.29) is 6.42 Å². The molecule has 2 unspecified atom stereocenters. The van der Waals surface area contributed by atoms with Crippen LogP contribution in [-0.4, -0.2) is 61.1 Å². The largest absolute Gasteiger partial charge is 0.481 e. The van der Waals surface area contributed by atoms with Gasteiger partial charge in [0.1, 0.15) is 18.3 Å². The van der Waals surface area contributed by atoms with Crippen molar-refractivity contribution in [3.05, 3.63) is 33.1 Å². The number of aromatic amines is 1. The molecule has 1 saturated heterocycles. The topological polar surface area (TPSA) is 231 Å². The van der Waals surface area contributed by atoms with E-state index in [1.54, 1.807) is 6.07 Å². The van der Waals surface area contributed by atoms with Crippen LogP contribution < -0.4 is 11.2 Å². The molecule has 162 valence electrons. The molecule has 0 bridgehead atoms. The quantitative estimate of drug-likeness (QED) is 0.206. The molecular weight excluding hydrogens is 440 g/mol. The zero-order chi connectivity index (χ0) is 21.8. The van der Waals surface area contributed by atoms with Gasteiger partial charge in [-0.15, -0.1) is 0 Å². The molecule has 1 fully saturated rings. The molecule has 1 aromatic rings. The van der Waals surface area contributed by atoms with Gasteiger partial charge >= 0.3 is 21.3 Å². The molecular formula is C12H17N3O12P2. The molecule has 0 radical (unpaired) electrons. The zero-order valence-corrected chi connectivity index (χ0v) is 16.2. The van der Waals surface area contributed by atoms with E-state index in [9.17, 15) is 38.7 Å². The van der Waals surface area contributed by atoms with Crippen LogP contribution in [0.15, 0.2) is 21.9 Å². The van der Waals surface area contributed by atoms with Crippen LogP contribution in [0, 0.1) is 11.3 Å². The summed E-state index contributed by atoms with van der Waals surface area (Å²) in [5.41, 5.74) is -1.65. The number of nitriles is 1. The number of phosphoric ester groups is 2. The lowest BCUT2D eigenvalue weighted by molar-refractivity contribution is -0.0543. The lowest BCUT2D eigenvalue weighted by atomic mass is 10.1. The molecule has 29 heavy (non-hydrogen) atoms. The fourth-order valence-corrected chi connectivity index (χ4v) is 4.35. The maximum atomic E-state index is 11.8. The van der Waals surface area contributed by atoms with Gasteiger partial charge in [0.2, 0.25) is 0 Å². The van der Waals surface area contributed by atoms with Crippen molar-refractivity contribution in [2.75, 3.05) is 13.2 Å². The fourth-order valence-electron chi connectivity index (χ4n) is 2.28. The fraction of sp³-hybridized carbons (Fsp3) is 0.583. The minimum atomic E-state index is -5.18. The second-order valence-electron chi connectivity index (χ2n) is 5.62. The van der Waals surface area contributed by atoms with Crippen molar-refractivity contribution >= 4 is 15.6 Å². The average molecular weight is 457 g/mol. The lowest BCUT2D eigenvalue weighted by Crippen LogP contribution is -2.37. The van der Waals surface area contributed by atoms with Gasteiger partial charge < -0.3 is 24.7 Å². The number of nitrogens with one attached hydrogen (secondary N) is 1. The van der Waals surface area contributed by atoms with E-state index in [0.717, 1.165) is 16.8 Å². The molecule has 6 atom stereocenters. The highest BCUT2D eigenvalue weighted by molar-refractivity contribution is 7.61. The van der Waals surface area contributed by atoms with Gasteiger partial charge in [-0.25, -0.2) is 13.9 Å². The first-order valence-corrected chi connectivity index (χ1v) is 10.8. The van der Waals surface area contributed by atoms with Crippen molar-refractivity contribution in [3.8, 4) is 6.07 Å². The SMILES string of the molecule is N#CCCOP(=O)(O)OP(=O)(O)OC[C@H]1O[C@@H](n2ccc(=O)[nH]c2=O)[C@H](O)[C@@H]1O. The summed E-state index contributed by atoms with van der Waals surface area (Å²) in [6.07, 6.45) is -5.55. The highest BCUT2D eigenvalue weighted by atomic mass is 31.3. The number of hydrogen-bond acceptors (Lipinski definition) is 11. The van der Waals surface area contributed by atoms with Crippen LogP contribution in [0.3, 0.4) is 0 Å². The monoisotopic (exact) mass is 457 g/mol. The van der Waals surface area contributed by atoms with Gasteiger partial charge in [-0.05, 0) is 0 Å². The third kappa shape index (κ3) is 6.39. The molecule has 0 aliphatic carbocycles. The first-order valence-electron chi connectivity index (χ1n) is 7.82. The predicted octanol–water partition coefficient (Wildman–Crippen LogP) is -1.68. The Morgan fingerprint density at radius 1 is 1.21 bits per heavy atom. The summed E-state index contributed by atoms with van der Waals surface area (Å²) < 4.78 is 42.1. The first kappa shape index (κ1) is 23.6. The molecule has 1 aliphatic rings. The molecule has 0 amide bonds. The van der Waals surface area contributed by atoms with Crippen LogP contribution in [0.4, 0.5) is 0 Å². The summed E-state index contributed by atoms with van der Waals surface area (Å²) in [6, 6.07) is 2.58. The van der Waals surface area contributed by atoms with Crippen LogP contribution in [-0.2, 0) is 27.2 Å². The van der Waals surface area contributed by atoms with Crippen molar-refractivity contribution in [2.24, 2.45) is 0 Å². The Balaban J connectivity index is 2.00. The van der Waals surface area contributed by atoms with Crippen LogP contribution in [0.5, 0.6) is 0 Å². The highest BCUT2D eigenvalue weighted by Crippen LogP contribution is 2.60. The number of aromatic nitrogens is 2. The van der Waals surface area contributed by atoms with Gasteiger partial charge in [0, 0.05) is 12.3 Å². The van der Waals surface area contributed by atoms with Crippen molar-refractivity contribution in [1.29, 1.82) is 5.26 Å². The Morgan fingerprint density at radius 2 is 1.86 bits per heavy atom. The van der Waals surface area contributed by atoms with Crippen LogP contribution in [0.25, 0.3) is 0 Å². The molecule has 5 N–H and O–H groups in total. The Labute approximate surface area is 161 Å². The maximum absolute atomic E-state index is 11.8. The molecule has 2 rings (SSSR count). The summed E-state index contributed by atoms with van der Waals surface area (Å²) in [7, 11) is -10.2. The maximum Gasteiger partial charge on any atom is 0.481 e. The van der Waals surface area contributed by atoms with Gasteiger partial charge in [-0.1, -0.05) is 0 Å². The molecule has 0 saturated carbocycles. The summed E-state index contributed by atoms with van der Waals surface area (Å²) in [5.74, 6) is 0. The van der Waals surface area contributed by atoms with Crippen molar-refractivity contribution in [1.82, 2.24) is 9.55 Å². The van der Waals surface area contributed by atoms with Crippen LogP contribution in [0.2, 0.25) is 0 Å². The van der Waals surface area contributed by atoms with Crippen LogP contribution in [0.1, 0.15) is 12.6 Å². The number of rotatable bonds is 9. The molecule has 15 nitrogen and oxygen atoms in total. The molecule has 17 heteroatoms. The van der Waals surface area contributed by atoms with E-state index in [0.29, 0.717) is 0 Å². The molecule has 0 aromatic carbocycles. The summed E-state index contributed by atoms with van der Waals surface area (Å²) in [6.45, 7) is -1.44. The smallest absolute Gasteiger partial charge is 0.387 e. The van der Waals surface area contributed by atoms with Gasteiger partial charge in [-0.3, -0.25) is 23.4 Å². The minimum absolute atomic E-state index is 0.282. The Hall–Kier alpha value is -1.69. The van der Waals surface area contributed by atoms with Gasteiger partial charge in [0.15, 0.2) is 6.23 Å². The number of aliphatic hydroxyl groups is 2. The number of phosphoric acid groups is 2. The summed E-state index contributed by atoms with van der Waals surface area (Å²) >= 11 is 0. The Bertz CT molecular complexity index is 970. The van der Waals surface area contributed by atoms with Gasteiger partial charge in [-0.2, -0.15) is 9.57 Å². The van der Waals surface area contributed by atoms with Gasteiger partial charge in [0.05, 0.1) is 25.7 Å². The van der Waals surface area contributed by atoms with Crippen molar-refractivity contribution < 1.29 is 47.2 Å². The van der Waals surface area contributed by atoms with Crippen molar-refractivity contribution in [2.45, 2.75) is 31.0 Å². The van der Waals surface area contributed by atoms with E-state index in [2.05, 4.69) is 13.4 Å². The average Bonchev–Trinajstić information content (AvgIpc) is 2.87. The lowest BCUT2D eigenvalue weighted by Gasteiger charge is -2.19. The predicted molar refractivity (Wildman–Crippen MR) is 90.1 cm³/mol. The number of aliphatic hydroxyl groups excluding tert-OH is 2. The summed E-state index contributed by atoms with van der Waals surface area (Å²) in [4.78, 5) is 43.6. The van der Waals surface area contributed by atoms with E-state index in [1.165, 1.54) is 0 Å². The second kappa shape index (κ2) is 9.41. The van der Waals surface area contributed by atoms with E-state index < -0.39 is 64.6 Å². The number of nitrogens with zero attached hydrogens (tertiary/aromatic N) is 2. The minimum Gasteiger partial charge on any atom is -0.387 e. The third-order valence-electron chi connectivity index (χ3n) is 3.54. The molecule has 1 aliphatic heterocycles. The van der Waals surface area contributed by atoms with Crippen LogP contribution >= 0.6 is 15.6 Å². The molecule has 1 aromatic heterocycles.